The van der Waals surface area contributed by atoms with E-state index in [0.29, 0.717) is 55.9 Å². The number of hydrogen-bond acceptors (Lipinski definition) is 6. The summed E-state index contributed by atoms with van der Waals surface area (Å²) in [5.74, 6) is 0.0568. The van der Waals surface area contributed by atoms with Crippen molar-refractivity contribution in [2.24, 2.45) is 13.0 Å². The number of para-hydroxylation sites is 2. The van der Waals surface area contributed by atoms with E-state index in [9.17, 15) is 18.0 Å². The van der Waals surface area contributed by atoms with Gasteiger partial charge >= 0.3 is 5.76 Å². The number of nitrogens with zero attached hydrogens (tertiary/aromatic N) is 2. The lowest BCUT2D eigenvalue weighted by Gasteiger charge is -2.31. The first-order chi connectivity index (χ1) is 15.8. The Hall–Kier alpha value is -3.11. The fraction of sp³-hybridized carbons (Fsp3) is 0.391. The van der Waals surface area contributed by atoms with Gasteiger partial charge in [-0.25, -0.2) is 13.2 Å². The molecule has 10 heteroatoms. The zero-order valence-corrected chi connectivity index (χ0v) is 19.4. The molecular weight excluding hydrogens is 446 g/mol. The van der Waals surface area contributed by atoms with Gasteiger partial charge in [0.1, 0.15) is 5.75 Å². The van der Waals surface area contributed by atoms with Crippen LogP contribution in [0.3, 0.4) is 0 Å². The van der Waals surface area contributed by atoms with Gasteiger partial charge in [0.2, 0.25) is 15.9 Å². The monoisotopic (exact) mass is 473 g/mol. The number of amides is 1. The Morgan fingerprint density at radius 2 is 1.91 bits per heavy atom. The predicted molar refractivity (Wildman–Crippen MR) is 124 cm³/mol. The lowest BCUT2D eigenvalue weighted by atomic mass is 9.94. The number of piperidine rings is 1. The second-order valence-electron chi connectivity index (χ2n) is 8.09. The van der Waals surface area contributed by atoms with Gasteiger partial charge < -0.3 is 14.5 Å². The van der Waals surface area contributed by atoms with Gasteiger partial charge in [0.15, 0.2) is 5.58 Å². The van der Waals surface area contributed by atoms with Crippen LogP contribution in [0.2, 0.25) is 0 Å². The van der Waals surface area contributed by atoms with Crippen molar-refractivity contribution >= 4 is 32.7 Å². The van der Waals surface area contributed by atoms with E-state index >= 15 is 0 Å². The van der Waals surface area contributed by atoms with Gasteiger partial charge in [-0.2, -0.15) is 4.31 Å². The highest BCUT2D eigenvalue weighted by Gasteiger charge is 2.31. The van der Waals surface area contributed by atoms with E-state index in [-0.39, 0.29) is 22.3 Å². The number of hydrogen-bond donors (Lipinski definition) is 1. The van der Waals surface area contributed by atoms with Crippen LogP contribution < -0.4 is 15.8 Å². The van der Waals surface area contributed by atoms with Gasteiger partial charge in [0, 0.05) is 32.6 Å². The third-order valence-electron chi connectivity index (χ3n) is 5.91. The van der Waals surface area contributed by atoms with Crippen LogP contribution in [0.25, 0.3) is 11.1 Å². The molecule has 176 valence electrons. The number of aromatic nitrogens is 1. The molecule has 4 rings (SSSR count). The Bertz CT molecular complexity index is 1320. The van der Waals surface area contributed by atoms with Crippen LogP contribution in [0, 0.1) is 5.92 Å². The van der Waals surface area contributed by atoms with Crippen molar-refractivity contribution in [3.8, 4) is 5.75 Å². The van der Waals surface area contributed by atoms with Gasteiger partial charge in [0.25, 0.3) is 0 Å². The zero-order valence-electron chi connectivity index (χ0n) is 18.6. The van der Waals surface area contributed by atoms with E-state index in [2.05, 4.69) is 5.32 Å². The first-order valence-electron chi connectivity index (χ1n) is 10.9. The maximum absolute atomic E-state index is 13.1. The Kier molecular flexibility index (Phi) is 6.57. The van der Waals surface area contributed by atoms with Crippen molar-refractivity contribution < 1.29 is 22.4 Å². The van der Waals surface area contributed by atoms with E-state index in [4.69, 9.17) is 9.15 Å². The van der Waals surface area contributed by atoms with Crippen molar-refractivity contribution in [1.29, 1.82) is 0 Å². The molecule has 1 saturated heterocycles. The quantitative estimate of drug-likeness (QED) is 0.565. The summed E-state index contributed by atoms with van der Waals surface area (Å²) < 4.78 is 39.6. The molecule has 33 heavy (non-hydrogen) atoms. The summed E-state index contributed by atoms with van der Waals surface area (Å²) in [4.78, 5) is 24.3. The highest BCUT2D eigenvalue weighted by Crippen LogP contribution is 2.29. The lowest BCUT2D eigenvalue weighted by molar-refractivity contribution is -0.117. The van der Waals surface area contributed by atoms with Crippen LogP contribution in [0.1, 0.15) is 26.2 Å². The number of fused-ring (bicyclic) bond motifs is 1. The molecule has 0 aliphatic carbocycles. The molecule has 9 nitrogen and oxygen atoms in total. The van der Waals surface area contributed by atoms with Gasteiger partial charge in [-0.3, -0.25) is 9.36 Å². The molecule has 1 aliphatic rings. The van der Waals surface area contributed by atoms with E-state index in [1.165, 1.54) is 21.0 Å². The third-order valence-corrected chi connectivity index (χ3v) is 7.80. The number of sulfonamides is 1. The van der Waals surface area contributed by atoms with Gasteiger partial charge in [-0.05, 0) is 49.9 Å². The predicted octanol–water partition coefficient (Wildman–Crippen LogP) is 2.96. The molecular formula is C23H27N3O6S. The largest absolute Gasteiger partial charge is 0.492 e. The van der Waals surface area contributed by atoms with Crippen molar-refractivity contribution in [2.45, 2.75) is 31.1 Å². The van der Waals surface area contributed by atoms with Crippen LogP contribution in [0.5, 0.6) is 5.75 Å². The summed E-state index contributed by atoms with van der Waals surface area (Å²) in [5.41, 5.74) is 1.41. The topological polar surface area (TPSA) is 111 Å². The van der Waals surface area contributed by atoms with Gasteiger partial charge in [-0.15, -0.1) is 0 Å². The minimum Gasteiger partial charge on any atom is -0.492 e. The minimum absolute atomic E-state index is 0.0883. The summed E-state index contributed by atoms with van der Waals surface area (Å²) in [6, 6.07) is 11.7. The van der Waals surface area contributed by atoms with Crippen molar-refractivity contribution in [3.63, 3.8) is 0 Å². The molecule has 0 bridgehead atoms. The number of ether oxygens (including phenoxy) is 1. The van der Waals surface area contributed by atoms with E-state index in [1.54, 1.807) is 25.2 Å². The third kappa shape index (κ3) is 4.81. The second-order valence-corrected chi connectivity index (χ2v) is 10.0. The maximum Gasteiger partial charge on any atom is 0.419 e. The van der Waals surface area contributed by atoms with Crippen molar-refractivity contribution in [1.82, 2.24) is 8.87 Å². The SMILES string of the molecule is CCOc1ccccc1NC(=O)CC1CCN(S(=O)(=O)c2ccc3c(c2)oc(=O)n3C)CC1. The van der Waals surface area contributed by atoms with E-state index < -0.39 is 15.8 Å². The maximum atomic E-state index is 13.1. The molecule has 0 atom stereocenters. The molecule has 1 aromatic heterocycles. The summed E-state index contributed by atoms with van der Waals surface area (Å²) in [6.07, 6.45) is 1.49. The average molecular weight is 474 g/mol. The number of carbonyl (C=O) groups is 1. The number of benzene rings is 2. The highest BCUT2D eigenvalue weighted by atomic mass is 32.2. The molecule has 3 aromatic rings. The molecule has 0 unspecified atom stereocenters. The molecule has 1 amide bonds. The molecule has 1 N–H and O–H groups in total. The van der Waals surface area contributed by atoms with Crippen LogP contribution in [0.4, 0.5) is 5.69 Å². The number of aryl methyl sites for hydroxylation is 1. The average Bonchev–Trinajstić information content (AvgIpc) is 3.08. The molecule has 0 radical (unpaired) electrons. The highest BCUT2D eigenvalue weighted by molar-refractivity contribution is 7.89. The number of nitrogens with one attached hydrogen (secondary N) is 1. The smallest absolute Gasteiger partial charge is 0.419 e. The summed E-state index contributed by atoms with van der Waals surface area (Å²) in [5, 5.41) is 2.90. The zero-order chi connectivity index (χ0) is 23.6. The fourth-order valence-corrected chi connectivity index (χ4v) is 5.58. The second kappa shape index (κ2) is 9.40. The van der Waals surface area contributed by atoms with Crippen LogP contribution in [-0.4, -0.2) is 42.9 Å². The van der Waals surface area contributed by atoms with Crippen LogP contribution >= 0.6 is 0 Å². The van der Waals surface area contributed by atoms with Crippen molar-refractivity contribution in [3.05, 3.63) is 53.0 Å². The standard InChI is InChI=1S/C23H27N3O6S/c1-3-31-20-7-5-4-6-18(20)24-22(27)14-16-10-12-26(13-11-16)33(29,30)17-8-9-19-21(15-17)32-23(28)25(19)2/h4-9,15-16H,3,10-14H2,1-2H3,(H,24,27). The van der Waals surface area contributed by atoms with E-state index in [1.807, 2.05) is 19.1 Å². The van der Waals surface area contributed by atoms with Crippen LogP contribution in [0.15, 0.2) is 56.6 Å². The van der Waals surface area contributed by atoms with Crippen LogP contribution in [-0.2, 0) is 21.9 Å². The van der Waals surface area contributed by atoms with Gasteiger partial charge in [-0.1, -0.05) is 12.1 Å². The van der Waals surface area contributed by atoms with Crippen molar-refractivity contribution in [2.75, 3.05) is 25.0 Å². The van der Waals surface area contributed by atoms with Gasteiger partial charge in [0.05, 0.1) is 22.7 Å². The first kappa shape index (κ1) is 23.1. The Morgan fingerprint density at radius 1 is 1.18 bits per heavy atom. The Balaban J connectivity index is 1.37. The molecule has 2 heterocycles. The molecule has 2 aromatic carbocycles. The summed E-state index contributed by atoms with van der Waals surface area (Å²) >= 11 is 0. The van der Waals surface area contributed by atoms with E-state index in [0.717, 1.165) is 0 Å². The Morgan fingerprint density at radius 3 is 2.64 bits per heavy atom. The first-order valence-corrected chi connectivity index (χ1v) is 12.3. The minimum atomic E-state index is -3.72. The molecule has 1 fully saturated rings. The number of oxazole rings is 1. The molecule has 1 aliphatic heterocycles. The summed E-state index contributed by atoms with van der Waals surface area (Å²) in [6.45, 7) is 3.04. The molecule has 0 saturated carbocycles. The number of rotatable bonds is 7. The Labute approximate surface area is 192 Å². The number of carbonyl (C=O) groups excluding carboxylic acids is 1. The fourth-order valence-electron chi connectivity index (χ4n) is 4.09. The number of anilines is 1. The molecule has 0 spiro atoms. The summed E-state index contributed by atoms with van der Waals surface area (Å²) in [7, 11) is -2.16. The lowest BCUT2D eigenvalue weighted by Crippen LogP contribution is -2.39. The normalized spacial score (nSPS) is 15.6.